The van der Waals surface area contributed by atoms with Crippen LogP contribution in [0.15, 0.2) is 24.3 Å². The topological polar surface area (TPSA) is 29.5 Å². The van der Waals surface area contributed by atoms with E-state index >= 15 is 0 Å². The Kier molecular flexibility index (Phi) is 3.30. The second kappa shape index (κ2) is 4.82. The molecule has 2 heteroatoms. The first kappa shape index (κ1) is 13.0. The zero-order chi connectivity index (χ0) is 13.5. The maximum absolute atomic E-state index is 11.0. The summed E-state index contributed by atoms with van der Waals surface area (Å²) in [5, 5.41) is 11.0. The van der Waals surface area contributed by atoms with E-state index in [-0.39, 0.29) is 0 Å². The van der Waals surface area contributed by atoms with Crippen LogP contribution in [0.1, 0.15) is 45.1 Å². The summed E-state index contributed by atoms with van der Waals surface area (Å²) in [5.41, 5.74) is 0.346. The molecule has 0 aromatic heterocycles. The summed E-state index contributed by atoms with van der Waals surface area (Å²) in [6.07, 6.45) is 5.21. The van der Waals surface area contributed by atoms with E-state index in [1.807, 2.05) is 38.1 Å². The monoisotopic (exact) mass is 260 g/mol. The normalized spacial score (nSPS) is 32.3. The van der Waals surface area contributed by atoms with Crippen LogP contribution in [0, 0.1) is 17.8 Å². The van der Waals surface area contributed by atoms with Gasteiger partial charge in [-0.15, -0.1) is 0 Å². The van der Waals surface area contributed by atoms with E-state index in [9.17, 15) is 5.11 Å². The Bertz CT molecular complexity index is 435. The van der Waals surface area contributed by atoms with Gasteiger partial charge in [0.05, 0.1) is 12.2 Å². The first-order valence-corrected chi connectivity index (χ1v) is 7.57. The molecule has 0 aliphatic heterocycles. The van der Waals surface area contributed by atoms with E-state index in [0.29, 0.717) is 12.5 Å². The van der Waals surface area contributed by atoms with E-state index in [1.54, 1.807) is 0 Å². The number of fused-ring (bicyclic) bond motifs is 2. The van der Waals surface area contributed by atoms with Crippen molar-refractivity contribution in [1.82, 2.24) is 0 Å². The highest BCUT2D eigenvalue weighted by atomic mass is 16.5. The minimum atomic E-state index is -0.690. The first-order valence-electron chi connectivity index (χ1n) is 7.57. The van der Waals surface area contributed by atoms with Crippen molar-refractivity contribution in [2.75, 3.05) is 6.61 Å². The molecule has 2 nitrogen and oxygen atoms in total. The van der Waals surface area contributed by atoms with Gasteiger partial charge >= 0.3 is 0 Å². The fourth-order valence-electron chi connectivity index (χ4n) is 4.20. The molecule has 104 valence electrons. The van der Waals surface area contributed by atoms with Gasteiger partial charge in [-0.2, -0.15) is 0 Å². The van der Waals surface area contributed by atoms with Crippen LogP contribution in [0.25, 0.3) is 0 Å². The van der Waals surface area contributed by atoms with Crippen molar-refractivity contribution < 1.29 is 9.84 Å². The van der Waals surface area contributed by atoms with Crippen molar-refractivity contribution in [1.29, 1.82) is 0 Å². The molecular weight excluding hydrogens is 236 g/mol. The first-order chi connectivity index (χ1) is 9.11. The van der Waals surface area contributed by atoms with E-state index in [0.717, 1.165) is 23.1 Å². The number of aliphatic hydroxyl groups is 1. The predicted octanol–water partition coefficient (Wildman–Crippen LogP) is 3.73. The standard InChI is InChI=1S/C17H24O2/c1-3-19-15-8-6-14(7-9-15)17(2,18)16-11-12-4-5-13(16)10-12/h6-9,12-13,16,18H,3-5,10-11H2,1-2H3. The quantitative estimate of drug-likeness (QED) is 0.894. The van der Waals surface area contributed by atoms with Gasteiger partial charge in [0.2, 0.25) is 0 Å². The SMILES string of the molecule is CCOc1ccc(C(C)(O)C2CC3CCC2C3)cc1. The lowest BCUT2D eigenvalue weighted by Crippen LogP contribution is -2.35. The number of hydrogen-bond donors (Lipinski definition) is 1. The Balaban J connectivity index is 1.79. The Morgan fingerprint density at radius 3 is 2.47 bits per heavy atom. The maximum atomic E-state index is 11.0. The summed E-state index contributed by atoms with van der Waals surface area (Å²) < 4.78 is 5.47. The van der Waals surface area contributed by atoms with E-state index in [2.05, 4.69) is 0 Å². The van der Waals surface area contributed by atoms with Crippen molar-refractivity contribution in [2.24, 2.45) is 17.8 Å². The van der Waals surface area contributed by atoms with E-state index in [4.69, 9.17) is 4.74 Å². The predicted molar refractivity (Wildman–Crippen MR) is 76.1 cm³/mol. The molecule has 4 unspecified atom stereocenters. The Labute approximate surface area is 115 Å². The minimum Gasteiger partial charge on any atom is -0.494 e. The summed E-state index contributed by atoms with van der Waals surface area (Å²) in [6.45, 7) is 4.66. The highest BCUT2D eigenvalue weighted by molar-refractivity contribution is 5.31. The van der Waals surface area contributed by atoms with Gasteiger partial charge in [-0.05, 0) is 68.6 Å². The zero-order valence-electron chi connectivity index (χ0n) is 11.9. The second-order valence-electron chi connectivity index (χ2n) is 6.39. The molecular formula is C17H24O2. The lowest BCUT2D eigenvalue weighted by atomic mass is 9.74. The maximum Gasteiger partial charge on any atom is 0.119 e. The number of hydrogen-bond acceptors (Lipinski definition) is 2. The van der Waals surface area contributed by atoms with Crippen LogP contribution < -0.4 is 4.74 Å². The number of rotatable bonds is 4. The molecule has 0 spiro atoms. The highest BCUT2D eigenvalue weighted by Crippen LogP contribution is 2.54. The van der Waals surface area contributed by atoms with Crippen LogP contribution >= 0.6 is 0 Å². The molecule has 1 aromatic carbocycles. The molecule has 0 heterocycles. The van der Waals surface area contributed by atoms with Crippen LogP contribution in [0.4, 0.5) is 0 Å². The Morgan fingerprint density at radius 1 is 1.21 bits per heavy atom. The summed E-state index contributed by atoms with van der Waals surface area (Å²) in [4.78, 5) is 0. The van der Waals surface area contributed by atoms with Crippen LogP contribution in [-0.4, -0.2) is 11.7 Å². The molecule has 1 N–H and O–H groups in total. The zero-order valence-corrected chi connectivity index (χ0v) is 11.9. The van der Waals surface area contributed by atoms with Crippen molar-refractivity contribution in [3.63, 3.8) is 0 Å². The van der Waals surface area contributed by atoms with E-state index in [1.165, 1.54) is 25.7 Å². The average molecular weight is 260 g/mol. The fraction of sp³-hybridized carbons (Fsp3) is 0.647. The molecule has 4 atom stereocenters. The smallest absolute Gasteiger partial charge is 0.119 e. The van der Waals surface area contributed by atoms with Crippen molar-refractivity contribution in [3.05, 3.63) is 29.8 Å². The fourth-order valence-corrected chi connectivity index (χ4v) is 4.20. The molecule has 2 saturated carbocycles. The van der Waals surface area contributed by atoms with Crippen molar-refractivity contribution in [2.45, 2.75) is 45.1 Å². The van der Waals surface area contributed by atoms with Gasteiger partial charge < -0.3 is 9.84 Å². The molecule has 2 aliphatic rings. The third-order valence-electron chi connectivity index (χ3n) is 5.21. The minimum absolute atomic E-state index is 0.434. The van der Waals surface area contributed by atoms with Gasteiger partial charge in [-0.25, -0.2) is 0 Å². The number of benzene rings is 1. The molecule has 0 saturated heterocycles. The van der Waals surface area contributed by atoms with Crippen LogP contribution in [-0.2, 0) is 5.60 Å². The molecule has 3 rings (SSSR count). The largest absolute Gasteiger partial charge is 0.494 e. The van der Waals surface area contributed by atoms with E-state index < -0.39 is 5.60 Å². The second-order valence-corrected chi connectivity index (χ2v) is 6.39. The molecule has 2 bridgehead atoms. The van der Waals surface area contributed by atoms with Gasteiger partial charge in [0.1, 0.15) is 5.75 Å². The third kappa shape index (κ3) is 2.27. The number of ether oxygens (including phenoxy) is 1. The van der Waals surface area contributed by atoms with Gasteiger partial charge in [0, 0.05) is 0 Å². The van der Waals surface area contributed by atoms with Crippen molar-refractivity contribution >= 4 is 0 Å². The van der Waals surface area contributed by atoms with Crippen LogP contribution in [0.3, 0.4) is 0 Å². The summed E-state index contributed by atoms with van der Waals surface area (Å²) in [7, 11) is 0. The Morgan fingerprint density at radius 2 is 1.95 bits per heavy atom. The average Bonchev–Trinajstić information content (AvgIpc) is 3.02. The molecule has 1 aromatic rings. The molecule has 0 amide bonds. The summed E-state index contributed by atoms with van der Waals surface area (Å²) >= 11 is 0. The summed E-state index contributed by atoms with van der Waals surface area (Å²) in [5.74, 6) is 2.91. The molecule has 0 radical (unpaired) electrons. The van der Waals surface area contributed by atoms with Gasteiger partial charge in [0.15, 0.2) is 0 Å². The third-order valence-corrected chi connectivity index (χ3v) is 5.21. The molecule has 2 fully saturated rings. The highest BCUT2D eigenvalue weighted by Gasteiger charge is 2.48. The van der Waals surface area contributed by atoms with Crippen LogP contribution in [0.5, 0.6) is 5.75 Å². The lowest BCUT2D eigenvalue weighted by molar-refractivity contribution is -0.0297. The lowest BCUT2D eigenvalue weighted by Gasteiger charge is -2.36. The molecule has 19 heavy (non-hydrogen) atoms. The van der Waals surface area contributed by atoms with Crippen LogP contribution in [0.2, 0.25) is 0 Å². The Hall–Kier alpha value is -1.02. The van der Waals surface area contributed by atoms with Gasteiger partial charge in [-0.3, -0.25) is 0 Å². The summed E-state index contributed by atoms with van der Waals surface area (Å²) in [6, 6.07) is 8.00. The molecule has 2 aliphatic carbocycles. The van der Waals surface area contributed by atoms with Gasteiger partial charge in [-0.1, -0.05) is 18.6 Å². The van der Waals surface area contributed by atoms with Gasteiger partial charge in [0.25, 0.3) is 0 Å². The van der Waals surface area contributed by atoms with Crippen molar-refractivity contribution in [3.8, 4) is 5.75 Å².